The Bertz CT molecular complexity index is 487. The van der Waals surface area contributed by atoms with Gasteiger partial charge >= 0.3 is 12.0 Å². The number of hydrogen-bond acceptors (Lipinski definition) is 3. The zero-order valence-electron chi connectivity index (χ0n) is 11.1. The molecule has 1 aromatic rings. The number of urea groups is 1. The summed E-state index contributed by atoms with van der Waals surface area (Å²) in [5.74, 6) is -2.27. The third-order valence-corrected chi connectivity index (χ3v) is 2.60. The van der Waals surface area contributed by atoms with Gasteiger partial charge in [0.15, 0.2) is 0 Å². The predicted molar refractivity (Wildman–Crippen MR) is 71.3 cm³/mol. The molecule has 7 heteroatoms. The molecule has 0 radical (unpaired) electrons. The first-order valence-corrected chi connectivity index (χ1v) is 6.19. The number of nitrogens with zero attached hydrogens (tertiary/aromatic N) is 1. The van der Waals surface area contributed by atoms with Crippen LogP contribution in [0.4, 0.5) is 14.9 Å². The number of aliphatic hydroxyl groups is 1. The number of anilines is 1. The Morgan fingerprint density at radius 2 is 2.05 bits per heavy atom. The van der Waals surface area contributed by atoms with Crippen molar-refractivity contribution in [2.75, 3.05) is 25.0 Å². The van der Waals surface area contributed by atoms with Crippen molar-refractivity contribution in [3.8, 4) is 0 Å². The maximum absolute atomic E-state index is 13.2. The molecule has 1 rings (SSSR count). The van der Waals surface area contributed by atoms with Crippen LogP contribution in [0.15, 0.2) is 18.2 Å². The first-order chi connectivity index (χ1) is 9.49. The standard InChI is InChI=1S/C13H17FN2O4/c1-2-5-16(6-7-17)13(20)15-9-3-4-11(14)10(8-9)12(18)19/h3-4,8,17H,2,5-7H2,1H3,(H,15,20)(H,18,19). The highest BCUT2D eigenvalue weighted by atomic mass is 19.1. The van der Waals surface area contributed by atoms with Gasteiger partial charge < -0.3 is 20.4 Å². The zero-order valence-corrected chi connectivity index (χ0v) is 11.1. The van der Waals surface area contributed by atoms with E-state index in [1.807, 2.05) is 6.92 Å². The lowest BCUT2D eigenvalue weighted by Crippen LogP contribution is -2.37. The zero-order chi connectivity index (χ0) is 15.1. The van der Waals surface area contributed by atoms with Crippen LogP contribution in [0.25, 0.3) is 0 Å². The summed E-state index contributed by atoms with van der Waals surface area (Å²) >= 11 is 0. The number of halogens is 1. The quantitative estimate of drug-likeness (QED) is 0.742. The average Bonchev–Trinajstić information content (AvgIpc) is 2.40. The van der Waals surface area contributed by atoms with Crippen molar-refractivity contribution < 1.29 is 24.2 Å². The van der Waals surface area contributed by atoms with E-state index in [1.165, 1.54) is 11.0 Å². The number of aromatic carboxylic acids is 1. The molecule has 0 unspecified atom stereocenters. The van der Waals surface area contributed by atoms with E-state index < -0.39 is 23.4 Å². The van der Waals surface area contributed by atoms with Crippen LogP contribution in [0.1, 0.15) is 23.7 Å². The SMILES string of the molecule is CCCN(CCO)C(=O)Nc1ccc(F)c(C(=O)O)c1. The molecule has 110 valence electrons. The van der Waals surface area contributed by atoms with Crippen LogP contribution in [0, 0.1) is 5.82 Å². The third-order valence-electron chi connectivity index (χ3n) is 2.60. The fourth-order valence-electron chi connectivity index (χ4n) is 1.67. The van der Waals surface area contributed by atoms with E-state index in [4.69, 9.17) is 10.2 Å². The van der Waals surface area contributed by atoms with Crippen molar-refractivity contribution in [3.63, 3.8) is 0 Å². The Kier molecular flexibility index (Phi) is 5.92. The van der Waals surface area contributed by atoms with E-state index in [9.17, 15) is 14.0 Å². The van der Waals surface area contributed by atoms with Gasteiger partial charge in [0.25, 0.3) is 0 Å². The van der Waals surface area contributed by atoms with Crippen molar-refractivity contribution in [1.82, 2.24) is 4.90 Å². The molecular weight excluding hydrogens is 267 g/mol. The minimum absolute atomic E-state index is 0.169. The normalized spacial score (nSPS) is 10.2. The summed E-state index contributed by atoms with van der Waals surface area (Å²) in [6.45, 7) is 2.35. The number of amides is 2. The second-order valence-corrected chi connectivity index (χ2v) is 4.14. The largest absolute Gasteiger partial charge is 0.478 e. The lowest BCUT2D eigenvalue weighted by atomic mass is 10.2. The van der Waals surface area contributed by atoms with Crippen molar-refractivity contribution in [1.29, 1.82) is 0 Å². The number of hydrogen-bond donors (Lipinski definition) is 3. The molecule has 3 N–H and O–H groups in total. The maximum Gasteiger partial charge on any atom is 0.338 e. The minimum atomic E-state index is -1.40. The molecule has 1 aromatic carbocycles. The second-order valence-electron chi connectivity index (χ2n) is 4.14. The van der Waals surface area contributed by atoms with Gasteiger partial charge in [-0.05, 0) is 24.6 Å². The van der Waals surface area contributed by atoms with Gasteiger partial charge in [-0.1, -0.05) is 6.92 Å². The van der Waals surface area contributed by atoms with E-state index >= 15 is 0 Å². The average molecular weight is 284 g/mol. The number of aliphatic hydroxyl groups excluding tert-OH is 1. The highest BCUT2D eigenvalue weighted by Crippen LogP contribution is 2.15. The number of rotatable bonds is 6. The van der Waals surface area contributed by atoms with Gasteiger partial charge in [-0.3, -0.25) is 0 Å². The van der Waals surface area contributed by atoms with Crippen LogP contribution in [0.2, 0.25) is 0 Å². The lowest BCUT2D eigenvalue weighted by molar-refractivity contribution is 0.0692. The molecule has 0 aliphatic carbocycles. The topological polar surface area (TPSA) is 89.9 Å². The van der Waals surface area contributed by atoms with Gasteiger partial charge in [-0.2, -0.15) is 0 Å². The van der Waals surface area contributed by atoms with E-state index in [1.54, 1.807) is 0 Å². The number of carbonyl (C=O) groups is 2. The molecule has 0 heterocycles. The second kappa shape index (κ2) is 7.44. The molecule has 0 fully saturated rings. The molecular formula is C13H17FN2O4. The van der Waals surface area contributed by atoms with Crippen molar-refractivity contribution in [2.45, 2.75) is 13.3 Å². The highest BCUT2D eigenvalue weighted by Gasteiger charge is 2.15. The monoisotopic (exact) mass is 284 g/mol. The van der Waals surface area contributed by atoms with Gasteiger partial charge in [0, 0.05) is 18.8 Å². The van der Waals surface area contributed by atoms with Gasteiger partial charge in [-0.25, -0.2) is 14.0 Å². The highest BCUT2D eigenvalue weighted by molar-refractivity contribution is 5.93. The Morgan fingerprint density at radius 3 is 2.60 bits per heavy atom. The molecule has 0 aromatic heterocycles. The van der Waals surface area contributed by atoms with Crippen molar-refractivity contribution in [3.05, 3.63) is 29.6 Å². The number of nitrogens with one attached hydrogen (secondary N) is 1. The summed E-state index contributed by atoms with van der Waals surface area (Å²) in [5.41, 5.74) is -0.320. The van der Waals surface area contributed by atoms with E-state index in [0.29, 0.717) is 6.54 Å². The molecule has 0 aliphatic rings. The van der Waals surface area contributed by atoms with E-state index in [2.05, 4.69) is 5.32 Å². The van der Waals surface area contributed by atoms with Crippen LogP contribution in [-0.2, 0) is 0 Å². The fraction of sp³-hybridized carbons (Fsp3) is 0.385. The fourth-order valence-corrected chi connectivity index (χ4v) is 1.67. The van der Waals surface area contributed by atoms with Gasteiger partial charge in [0.05, 0.1) is 12.2 Å². The maximum atomic E-state index is 13.2. The molecule has 0 atom stereocenters. The first kappa shape index (κ1) is 15.9. The predicted octanol–water partition coefficient (Wildman–Crippen LogP) is 1.76. The minimum Gasteiger partial charge on any atom is -0.478 e. The third kappa shape index (κ3) is 4.20. The van der Waals surface area contributed by atoms with Crippen molar-refractivity contribution >= 4 is 17.7 Å². The molecule has 2 amide bonds. The van der Waals surface area contributed by atoms with E-state index in [-0.39, 0.29) is 18.8 Å². The molecule has 6 nitrogen and oxygen atoms in total. The van der Waals surface area contributed by atoms with Crippen LogP contribution in [-0.4, -0.2) is 46.8 Å². The smallest absolute Gasteiger partial charge is 0.338 e. The van der Waals surface area contributed by atoms with Gasteiger partial charge in [0.1, 0.15) is 5.82 Å². The number of carbonyl (C=O) groups excluding carboxylic acids is 1. The Hall–Kier alpha value is -2.15. The Morgan fingerprint density at radius 1 is 1.35 bits per heavy atom. The molecule has 0 aliphatic heterocycles. The van der Waals surface area contributed by atoms with Crippen LogP contribution in [0.3, 0.4) is 0 Å². The summed E-state index contributed by atoms with van der Waals surface area (Å²) < 4.78 is 13.2. The number of carboxylic acids is 1. The summed E-state index contributed by atoms with van der Waals surface area (Å²) in [4.78, 5) is 24.1. The Balaban J connectivity index is 2.84. The Labute approximate surface area is 115 Å². The number of carboxylic acid groups (broad SMARTS) is 1. The summed E-state index contributed by atoms with van der Waals surface area (Å²) in [6.07, 6.45) is 0.719. The molecule has 0 saturated carbocycles. The number of benzene rings is 1. The summed E-state index contributed by atoms with van der Waals surface area (Å²) in [5, 5.41) is 20.2. The lowest BCUT2D eigenvalue weighted by Gasteiger charge is -2.21. The summed E-state index contributed by atoms with van der Waals surface area (Å²) in [6, 6.07) is 2.85. The molecule has 0 spiro atoms. The van der Waals surface area contributed by atoms with Gasteiger partial charge in [-0.15, -0.1) is 0 Å². The van der Waals surface area contributed by atoms with Crippen LogP contribution < -0.4 is 5.32 Å². The molecule has 0 saturated heterocycles. The summed E-state index contributed by atoms with van der Waals surface area (Å²) in [7, 11) is 0. The van der Waals surface area contributed by atoms with Crippen molar-refractivity contribution in [2.24, 2.45) is 0 Å². The van der Waals surface area contributed by atoms with Crippen LogP contribution >= 0.6 is 0 Å². The first-order valence-electron chi connectivity index (χ1n) is 6.19. The van der Waals surface area contributed by atoms with Crippen LogP contribution in [0.5, 0.6) is 0 Å². The van der Waals surface area contributed by atoms with E-state index in [0.717, 1.165) is 18.6 Å². The van der Waals surface area contributed by atoms with Gasteiger partial charge in [0.2, 0.25) is 0 Å². The molecule has 0 bridgehead atoms. The molecule has 20 heavy (non-hydrogen) atoms.